The monoisotopic (exact) mass is 391 g/mol. The first-order chi connectivity index (χ1) is 13.8. The molecule has 28 heavy (non-hydrogen) atoms. The molecule has 0 amide bonds. The molecule has 0 aliphatic heterocycles. The fourth-order valence-corrected chi connectivity index (χ4v) is 4.60. The third kappa shape index (κ3) is 3.71. The molecule has 3 heterocycles. The molecule has 0 radical (unpaired) electrons. The van der Waals surface area contributed by atoms with Crippen LogP contribution in [0.4, 0.5) is 5.13 Å². The van der Waals surface area contributed by atoms with Crippen LogP contribution < -0.4 is 10.1 Å². The fourth-order valence-electron chi connectivity index (χ4n) is 3.63. The van der Waals surface area contributed by atoms with Gasteiger partial charge in [-0.15, -0.1) is 0 Å². The van der Waals surface area contributed by atoms with E-state index in [1.165, 1.54) is 32.1 Å². The summed E-state index contributed by atoms with van der Waals surface area (Å²) in [6, 6.07) is 10.4. The first-order valence-electron chi connectivity index (χ1n) is 9.63. The van der Waals surface area contributed by atoms with Crippen LogP contribution in [0.3, 0.4) is 0 Å². The van der Waals surface area contributed by atoms with Gasteiger partial charge in [0.15, 0.2) is 5.13 Å². The normalized spacial score (nSPS) is 15.0. The molecule has 1 fully saturated rings. The first kappa shape index (κ1) is 17.2. The van der Waals surface area contributed by atoms with E-state index in [-0.39, 0.29) is 0 Å². The summed E-state index contributed by atoms with van der Waals surface area (Å²) in [5.74, 6) is 1.47. The summed E-state index contributed by atoms with van der Waals surface area (Å²) in [5.41, 5.74) is 2.85. The van der Waals surface area contributed by atoms with Crippen LogP contribution in [0.15, 0.2) is 48.9 Å². The summed E-state index contributed by atoms with van der Waals surface area (Å²) in [6.07, 6.45) is 11.7. The van der Waals surface area contributed by atoms with Crippen molar-refractivity contribution in [1.82, 2.24) is 20.2 Å². The number of pyridine rings is 1. The number of aromatic amines is 1. The Bertz CT molecular complexity index is 1070. The topological polar surface area (TPSA) is 75.7 Å². The van der Waals surface area contributed by atoms with E-state index in [0.29, 0.717) is 11.8 Å². The highest BCUT2D eigenvalue weighted by Gasteiger charge is 2.15. The van der Waals surface area contributed by atoms with Gasteiger partial charge >= 0.3 is 0 Å². The van der Waals surface area contributed by atoms with E-state index in [4.69, 9.17) is 9.72 Å². The molecule has 0 unspecified atom stereocenters. The lowest BCUT2D eigenvalue weighted by Crippen LogP contribution is -2.21. The number of benzene rings is 1. The third-order valence-corrected chi connectivity index (χ3v) is 6.00. The zero-order valence-corrected chi connectivity index (χ0v) is 16.2. The van der Waals surface area contributed by atoms with Crippen LogP contribution in [0.2, 0.25) is 0 Å². The number of H-pyrrole nitrogens is 1. The highest BCUT2D eigenvalue weighted by molar-refractivity contribution is 7.22. The summed E-state index contributed by atoms with van der Waals surface area (Å²) in [5, 5.41) is 11.5. The number of thiazole rings is 1. The molecule has 1 saturated carbocycles. The van der Waals surface area contributed by atoms with E-state index < -0.39 is 0 Å². The van der Waals surface area contributed by atoms with Gasteiger partial charge in [0.1, 0.15) is 11.5 Å². The Balaban J connectivity index is 1.34. The molecular formula is C21H21N5OS. The zero-order valence-electron chi connectivity index (χ0n) is 15.4. The van der Waals surface area contributed by atoms with Crippen LogP contribution in [0.1, 0.15) is 32.1 Å². The molecule has 142 valence electrons. The van der Waals surface area contributed by atoms with E-state index in [1.54, 1.807) is 29.9 Å². The maximum absolute atomic E-state index is 6.05. The quantitative estimate of drug-likeness (QED) is 0.462. The van der Waals surface area contributed by atoms with Gasteiger partial charge in [0.2, 0.25) is 0 Å². The fraction of sp³-hybridized carbons (Fsp3) is 0.286. The predicted molar refractivity (Wildman–Crippen MR) is 112 cm³/mol. The highest BCUT2D eigenvalue weighted by atomic mass is 32.1. The second-order valence-electron chi connectivity index (χ2n) is 7.11. The Hall–Kier alpha value is -2.93. The minimum absolute atomic E-state index is 0.557. The number of hydrogen-bond donors (Lipinski definition) is 2. The molecule has 0 atom stereocenters. The molecule has 5 rings (SSSR count). The van der Waals surface area contributed by atoms with Gasteiger partial charge in [-0.2, -0.15) is 5.10 Å². The SMILES string of the molecule is c1cc(-c2cncc(Oc3ccc4nc(NC5CCCCC5)sc4c3)c2)[nH]n1. The van der Waals surface area contributed by atoms with Gasteiger partial charge in [-0.05, 0) is 37.1 Å². The molecule has 0 saturated heterocycles. The molecule has 2 N–H and O–H groups in total. The number of aromatic nitrogens is 4. The van der Waals surface area contributed by atoms with E-state index in [0.717, 1.165) is 32.4 Å². The van der Waals surface area contributed by atoms with E-state index in [1.807, 2.05) is 30.3 Å². The van der Waals surface area contributed by atoms with Crippen molar-refractivity contribution >= 4 is 26.7 Å². The highest BCUT2D eigenvalue weighted by Crippen LogP contribution is 2.33. The number of rotatable bonds is 5. The summed E-state index contributed by atoms with van der Waals surface area (Å²) in [4.78, 5) is 9.01. The molecular weight excluding hydrogens is 370 g/mol. The van der Waals surface area contributed by atoms with Gasteiger partial charge in [0.25, 0.3) is 0 Å². The maximum atomic E-state index is 6.05. The van der Waals surface area contributed by atoms with Crippen molar-refractivity contribution in [3.05, 3.63) is 48.9 Å². The van der Waals surface area contributed by atoms with Crippen LogP contribution in [0.25, 0.3) is 21.5 Å². The largest absolute Gasteiger partial charge is 0.456 e. The molecule has 4 aromatic rings. The minimum Gasteiger partial charge on any atom is -0.456 e. The van der Waals surface area contributed by atoms with Crippen molar-refractivity contribution in [2.75, 3.05) is 5.32 Å². The van der Waals surface area contributed by atoms with Crippen molar-refractivity contribution in [2.45, 2.75) is 38.1 Å². The molecule has 3 aromatic heterocycles. The van der Waals surface area contributed by atoms with Crippen molar-refractivity contribution in [3.63, 3.8) is 0 Å². The van der Waals surface area contributed by atoms with Gasteiger partial charge in [-0.25, -0.2) is 4.98 Å². The molecule has 6 nitrogen and oxygen atoms in total. The Morgan fingerprint density at radius 2 is 1.96 bits per heavy atom. The van der Waals surface area contributed by atoms with E-state index in [9.17, 15) is 0 Å². The van der Waals surface area contributed by atoms with Crippen LogP contribution in [-0.2, 0) is 0 Å². The summed E-state index contributed by atoms with van der Waals surface area (Å²) in [6.45, 7) is 0. The van der Waals surface area contributed by atoms with Gasteiger partial charge in [0, 0.05) is 30.1 Å². The van der Waals surface area contributed by atoms with Gasteiger partial charge in [0.05, 0.1) is 22.1 Å². The molecule has 1 aromatic carbocycles. The Morgan fingerprint density at radius 3 is 2.82 bits per heavy atom. The predicted octanol–water partition coefficient (Wildman–Crippen LogP) is 5.62. The average Bonchev–Trinajstić information content (AvgIpc) is 3.38. The number of fused-ring (bicyclic) bond motifs is 1. The average molecular weight is 392 g/mol. The smallest absolute Gasteiger partial charge is 0.184 e. The van der Waals surface area contributed by atoms with Gasteiger partial charge in [-0.1, -0.05) is 30.6 Å². The molecule has 7 heteroatoms. The lowest BCUT2D eigenvalue weighted by atomic mass is 9.96. The van der Waals surface area contributed by atoms with Crippen LogP contribution >= 0.6 is 11.3 Å². The molecule has 1 aliphatic rings. The summed E-state index contributed by atoms with van der Waals surface area (Å²) in [7, 11) is 0. The van der Waals surface area contributed by atoms with Gasteiger partial charge in [-0.3, -0.25) is 10.1 Å². The van der Waals surface area contributed by atoms with Gasteiger partial charge < -0.3 is 10.1 Å². The van der Waals surface area contributed by atoms with Crippen molar-refractivity contribution in [2.24, 2.45) is 0 Å². The Kier molecular flexibility index (Phi) is 4.66. The lowest BCUT2D eigenvalue weighted by Gasteiger charge is -2.22. The number of hydrogen-bond acceptors (Lipinski definition) is 6. The Labute approximate surface area is 167 Å². The van der Waals surface area contributed by atoms with Crippen LogP contribution in [-0.4, -0.2) is 26.2 Å². The van der Waals surface area contributed by atoms with Crippen molar-refractivity contribution in [1.29, 1.82) is 0 Å². The molecule has 0 bridgehead atoms. The summed E-state index contributed by atoms with van der Waals surface area (Å²) < 4.78 is 7.17. The molecule has 0 spiro atoms. The first-order valence-corrected chi connectivity index (χ1v) is 10.4. The van der Waals surface area contributed by atoms with E-state index in [2.05, 4.69) is 20.5 Å². The zero-order chi connectivity index (χ0) is 18.8. The second kappa shape index (κ2) is 7.59. The second-order valence-corrected chi connectivity index (χ2v) is 8.14. The van der Waals surface area contributed by atoms with Crippen LogP contribution in [0.5, 0.6) is 11.5 Å². The Morgan fingerprint density at radius 1 is 1.04 bits per heavy atom. The van der Waals surface area contributed by atoms with Crippen LogP contribution in [0, 0.1) is 0 Å². The number of ether oxygens (including phenoxy) is 1. The number of nitrogens with zero attached hydrogens (tertiary/aromatic N) is 3. The van der Waals surface area contributed by atoms with Crippen molar-refractivity contribution in [3.8, 4) is 22.8 Å². The standard InChI is InChI=1S/C21H21N5OS/c1-2-4-15(5-3-1)24-21-25-19-7-6-16(11-20(19)28-21)27-17-10-14(12-22-13-17)18-8-9-23-26-18/h6-13,15H,1-5H2,(H,23,26)(H,24,25). The molecule has 1 aliphatic carbocycles. The van der Waals surface area contributed by atoms with Crippen molar-refractivity contribution < 1.29 is 4.74 Å². The maximum Gasteiger partial charge on any atom is 0.184 e. The third-order valence-electron chi connectivity index (χ3n) is 5.05. The minimum atomic E-state index is 0.557. The number of nitrogens with one attached hydrogen (secondary N) is 2. The summed E-state index contributed by atoms with van der Waals surface area (Å²) >= 11 is 1.69. The lowest BCUT2D eigenvalue weighted by molar-refractivity contribution is 0.462. The number of anilines is 1. The van der Waals surface area contributed by atoms with E-state index >= 15 is 0 Å².